The molecule has 2 aromatic rings. The van der Waals surface area contributed by atoms with Gasteiger partial charge in [-0.1, -0.05) is 109 Å². The minimum Gasteiger partial charge on any atom is -0.338 e. The fourth-order valence-corrected chi connectivity index (χ4v) is 4.92. The fraction of sp³-hybridized carbons (Fsp3) is 0.500. The molecule has 206 valence electrons. The lowest BCUT2D eigenvalue weighted by Crippen LogP contribution is -2.57. The molecular weight excluding hydrogens is 472 g/mol. The summed E-state index contributed by atoms with van der Waals surface area (Å²) in [5.41, 5.74) is 4.27. The van der Waals surface area contributed by atoms with Crippen LogP contribution >= 0.6 is 0 Å². The van der Waals surface area contributed by atoms with Crippen LogP contribution in [0.1, 0.15) is 76.5 Å². The minimum absolute atomic E-state index is 0.00945. The van der Waals surface area contributed by atoms with Crippen molar-refractivity contribution in [1.29, 1.82) is 0 Å². The first-order chi connectivity index (χ1) is 18.2. The molecule has 3 amide bonds. The number of amides is 3. The van der Waals surface area contributed by atoms with Crippen molar-refractivity contribution in [3.63, 3.8) is 0 Å². The Morgan fingerprint density at radius 1 is 0.868 bits per heavy atom. The van der Waals surface area contributed by atoms with Gasteiger partial charge < -0.3 is 15.5 Å². The molecule has 1 aliphatic heterocycles. The molecule has 0 aromatic heterocycles. The molecular formula is C32H46N4O2. The Bertz CT molecular complexity index is 1050. The normalized spacial score (nSPS) is 16.2. The first kappa shape index (κ1) is 29.4. The van der Waals surface area contributed by atoms with Crippen molar-refractivity contribution in [2.24, 2.45) is 5.92 Å². The molecule has 2 aromatic carbocycles. The van der Waals surface area contributed by atoms with Crippen LogP contribution in [0.2, 0.25) is 0 Å². The monoisotopic (exact) mass is 518 g/mol. The molecule has 0 spiro atoms. The molecule has 2 unspecified atom stereocenters. The van der Waals surface area contributed by atoms with Gasteiger partial charge in [-0.05, 0) is 34.4 Å². The summed E-state index contributed by atoms with van der Waals surface area (Å²) in [7, 11) is 0. The largest absolute Gasteiger partial charge is 0.338 e. The van der Waals surface area contributed by atoms with Gasteiger partial charge in [0.15, 0.2) is 0 Å². The van der Waals surface area contributed by atoms with E-state index in [4.69, 9.17) is 0 Å². The minimum atomic E-state index is -0.557. The summed E-state index contributed by atoms with van der Waals surface area (Å²) < 4.78 is 0. The number of para-hydroxylation sites is 1. The van der Waals surface area contributed by atoms with Gasteiger partial charge in [0.05, 0.1) is 0 Å². The highest BCUT2D eigenvalue weighted by atomic mass is 16.2. The van der Waals surface area contributed by atoms with Crippen LogP contribution < -0.4 is 10.6 Å². The summed E-state index contributed by atoms with van der Waals surface area (Å²) in [6.07, 6.45) is 5.13. The van der Waals surface area contributed by atoms with Crippen molar-refractivity contribution >= 4 is 23.7 Å². The van der Waals surface area contributed by atoms with E-state index in [9.17, 15) is 9.59 Å². The number of hydrogen-bond donors (Lipinski definition) is 2. The number of hydrogen-bond acceptors (Lipinski definition) is 3. The average Bonchev–Trinajstić information content (AvgIpc) is 2.91. The maximum Gasteiger partial charge on any atom is 0.319 e. The molecule has 1 fully saturated rings. The molecule has 0 bridgehead atoms. The van der Waals surface area contributed by atoms with Crippen molar-refractivity contribution < 1.29 is 9.59 Å². The SMILES string of the molecule is CCC(C)C(NC(=O)Nc1c(C(C)C)cccc1C(C)C)C(=O)N1CCN(CC=Cc2ccccc2)CC1. The van der Waals surface area contributed by atoms with Gasteiger partial charge in [0.1, 0.15) is 6.04 Å². The first-order valence-corrected chi connectivity index (χ1v) is 14.1. The third-order valence-electron chi connectivity index (χ3n) is 7.53. The van der Waals surface area contributed by atoms with Crippen LogP contribution in [0.15, 0.2) is 54.6 Å². The number of rotatable bonds is 10. The Balaban J connectivity index is 1.62. The average molecular weight is 519 g/mol. The highest BCUT2D eigenvalue weighted by Gasteiger charge is 2.32. The van der Waals surface area contributed by atoms with E-state index in [1.165, 1.54) is 5.56 Å². The number of carbonyl (C=O) groups is 2. The van der Waals surface area contributed by atoms with Crippen LogP contribution in [0.5, 0.6) is 0 Å². The van der Waals surface area contributed by atoms with E-state index < -0.39 is 6.04 Å². The first-order valence-electron chi connectivity index (χ1n) is 14.1. The molecule has 2 N–H and O–H groups in total. The summed E-state index contributed by atoms with van der Waals surface area (Å²) in [4.78, 5) is 31.1. The van der Waals surface area contributed by atoms with Gasteiger partial charge in [-0.15, -0.1) is 0 Å². The van der Waals surface area contributed by atoms with Crippen LogP contribution in [0.4, 0.5) is 10.5 Å². The van der Waals surface area contributed by atoms with E-state index in [0.29, 0.717) is 13.1 Å². The summed E-state index contributed by atoms with van der Waals surface area (Å²) >= 11 is 0. The number of urea groups is 1. The molecule has 0 radical (unpaired) electrons. The molecule has 1 saturated heterocycles. The van der Waals surface area contributed by atoms with Crippen molar-refractivity contribution in [3.05, 3.63) is 71.3 Å². The van der Waals surface area contributed by atoms with E-state index in [-0.39, 0.29) is 29.7 Å². The lowest BCUT2D eigenvalue weighted by atomic mass is 9.92. The molecule has 6 heteroatoms. The zero-order valence-electron chi connectivity index (χ0n) is 24.0. The quantitative estimate of drug-likeness (QED) is 0.386. The van der Waals surface area contributed by atoms with Crippen molar-refractivity contribution in [2.75, 3.05) is 38.0 Å². The van der Waals surface area contributed by atoms with Crippen LogP contribution in [-0.2, 0) is 4.79 Å². The fourth-order valence-electron chi connectivity index (χ4n) is 4.92. The molecule has 1 heterocycles. The Hall–Kier alpha value is -3.12. The second-order valence-electron chi connectivity index (χ2n) is 11.0. The molecule has 38 heavy (non-hydrogen) atoms. The number of piperazine rings is 1. The lowest BCUT2D eigenvalue weighted by molar-refractivity contribution is -0.136. The van der Waals surface area contributed by atoms with Crippen LogP contribution in [0.25, 0.3) is 6.08 Å². The van der Waals surface area contributed by atoms with Crippen LogP contribution in [0.3, 0.4) is 0 Å². The van der Waals surface area contributed by atoms with E-state index in [1.807, 2.05) is 30.0 Å². The zero-order valence-corrected chi connectivity index (χ0v) is 24.0. The highest BCUT2D eigenvalue weighted by Crippen LogP contribution is 2.32. The van der Waals surface area contributed by atoms with Crippen molar-refractivity contribution in [1.82, 2.24) is 15.1 Å². The van der Waals surface area contributed by atoms with Gasteiger partial charge in [0, 0.05) is 38.4 Å². The highest BCUT2D eigenvalue weighted by molar-refractivity contribution is 5.95. The summed E-state index contributed by atoms with van der Waals surface area (Å²) in [6.45, 7) is 16.5. The van der Waals surface area contributed by atoms with Gasteiger partial charge in [-0.2, -0.15) is 0 Å². The topological polar surface area (TPSA) is 64.7 Å². The summed E-state index contributed by atoms with van der Waals surface area (Å²) in [6, 6.07) is 15.6. The predicted octanol–water partition coefficient (Wildman–Crippen LogP) is 6.33. The molecule has 1 aliphatic rings. The maximum absolute atomic E-state index is 13.6. The van der Waals surface area contributed by atoms with E-state index in [0.717, 1.165) is 42.9 Å². The molecule has 2 atom stereocenters. The Kier molecular flexibility index (Phi) is 11.0. The molecule has 3 rings (SSSR count). The van der Waals surface area contributed by atoms with E-state index in [2.05, 4.69) is 92.6 Å². The number of nitrogens with zero attached hydrogens (tertiary/aromatic N) is 2. The number of benzene rings is 2. The van der Waals surface area contributed by atoms with Gasteiger partial charge in [0.2, 0.25) is 5.91 Å². The zero-order chi connectivity index (χ0) is 27.7. The lowest BCUT2D eigenvalue weighted by Gasteiger charge is -2.37. The number of carbonyl (C=O) groups excluding carboxylic acids is 2. The van der Waals surface area contributed by atoms with Gasteiger partial charge in [-0.25, -0.2) is 4.79 Å². The van der Waals surface area contributed by atoms with Crippen LogP contribution in [-0.4, -0.2) is 60.5 Å². The number of nitrogens with one attached hydrogen (secondary N) is 2. The second-order valence-corrected chi connectivity index (χ2v) is 11.0. The molecule has 0 aliphatic carbocycles. The Labute approximate surface area is 229 Å². The predicted molar refractivity (Wildman–Crippen MR) is 159 cm³/mol. The molecule has 0 saturated carbocycles. The van der Waals surface area contributed by atoms with Crippen molar-refractivity contribution in [3.8, 4) is 0 Å². The van der Waals surface area contributed by atoms with E-state index >= 15 is 0 Å². The molecule has 6 nitrogen and oxygen atoms in total. The second kappa shape index (κ2) is 14.1. The third kappa shape index (κ3) is 7.94. The van der Waals surface area contributed by atoms with Gasteiger partial charge in [-0.3, -0.25) is 9.69 Å². The Morgan fingerprint density at radius 2 is 1.47 bits per heavy atom. The van der Waals surface area contributed by atoms with Crippen LogP contribution in [0, 0.1) is 5.92 Å². The summed E-state index contributed by atoms with van der Waals surface area (Å²) in [5.74, 6) is 0.588. The smallest absolute Gasteiger partial charge is 0.319 e. The standard InChI is InChI=1S/C32H46N4O2/c1-7-25(6)29(33-32(38)34-30-27(23(2)3)16-11-17-28(30)24(4)5)31(37)36-21-19-35(20-22-36)18-12-15-26-13-9-8-10-14-26/h8-17,23-25,29H,7,18-22H2,1-6H3,(H2,33,34,38). The van der Waals surface area contributed by atoms with Gasteiger partial charge >= 0.3 is 6.03 Å². The maximum atomic E-state index is 13.6. The van der Waals surface area contributed by atoms with Gasteiger partial charge in [0.25, 0.3) is 0 Å². The third-order valence-corrected chi connectivity index (χ3v) is 7.53. The summed E-state index contributed by atoms with van der Waals surface area (Å²) in [5, 5.41) is 6.16. The number of anilines is 1. The van der Waals surface area contributed by atoms with E-state index in [1.54, 1.807) is 0 Å². The Morgan fingerprint density at radius 3 is 2.03 bits per heavy atom. The van der Waals surface area contributed by atoms with Crippen molar-refractivity contribution in [2.45, 2.75) is 65.8 Å².